The molecule has 1 atom stereocenters. The average Bonchev–Trinajstić information content (AvgIpc) is 2.45. The van der Waals surface area contributed by atoms with Crippen LogP contribution in [-0.2, 0) is 15.7 Å². The van der Waals surface area contributed by atoms with Crippen molar-refractivity contribution >= 4 is 5.69 Å². The second-order valence-electron chi connectivity index (χ2n) is 4.35. The molecule has 0 spiro atoms. The van der Waals surface area contributed by atoms with Crippen LogP contribution in [0.3, 0.4) is 0 Å². The molecule has 7 heteroatoms. The lowest BCUT2D eigenvalue weighted by Crippen LogP contribution is -2.30. The van der Waals surface area contributed by atoms with E-state index in [0.717, 1.165) is 12.1 Å². The second-order valence-corrected chi connectivity index (χ2v) is 4.35. The minimum Gasteiger partial charge on any atom is -0.381 e. The van der Waals surface area contributed by atoms with E-state index in [1.165, 1.54) is 6.07 Å². The van der Waals surface area contributed by atoms with Gasteiger partial charge in [0.2, 0.25) is 0 Å². The molecule has 0 aromatic heterocycles. The first-order valence-electron chi connectivity index (χ1n) is 6.05. The third-order valence-corrected chi connectivity index (χ3v) is 2.96. The molecular weight excluding hydrogens is 273 g/mol. The molecule has 0 bridgehead atoms. The molecule has 1 aromatic rings. The van der Waals surface area contributed by atoms with Crippen LogP contribution in [0.2, 0.25) is 0 Å². The topological polar surface area (TPSA) is 54.3 Å². The minimum absolute atomic E-state index is 0.0353. The summed E-state index contributed by atoms with van der Waals surface area (Å²) in [7, 11) is 0. The number of rotatable bonds is 3. The molecule has 0 aliphatic carbocycles. The Hall–Kier alpha value is -1.78. The van der Waals surface area contributed by atoms with Gasteiger partial charge in [0.15, 0.2) is 0 Å². The number of hydrogen-bond donors (Lipinski definition) is 1. The number of alkyl halides is 3. The van der Waals surface area contributed by atoms with E-state index in [9.17, 15) is 13.2 Å². The van der Waals surface area contributed by atoms with Gasteiger partial charge < -0.3 is 14.8 Å². The third-order valence-electron chi connectivity index (χ3n) is 2.96. The zero-order valence-electron chi connectivity index (χ0n) is 10.5. The number of nitriles is 1. The number of nitrogens with zero attached hydrogens (tertiary/aromatic N) is 1. The highest BCUT2D eigenvalue weighted by Gasteiger charge is 2.31. The van der Waals surface area contributed by atoms with Gasteiger partial charge in [-0.05, 0) is 24.6 Å². The molecule has 0 saturated carbocycles. The number of hydrogen-bond acceptors (Lipinski definition) is 4. The summed E-state index contributed by atoms with van der Waals surface area (Å²) in [5.41, 5.74) is -0.496. The van der Waals surface area contributed by atoms with E-state index < -0.39 is 11.7 Å². The predicted octanol–water partition coefficient (Wildman–Crippen LogP) is 2.75. The Morgan fingerprint density at radius 3 is 2.80 bits per heavy atom. The largest absolute Gasteiger partial charge is 0.416 e. The summed E-state index contributed by atoms with van der Waals surface area (Å²) in [4.78, 5) is 0. The van der Waals surface area contributed by atoms with Crippen LogP contribution in [0.5, 0.6) is 0 Å². The molecule has 4 nitrogen and oxygen atoms in total. The zero-order chi connectivity index (χ0) is 14.6. The van der Waals surface area contributed by atoms with Gasteiger partial charge in [0.25, 0.3) is 0 Å². The quantitative estimate of drug-likeness (QED) is 0.928. The highest BCUT2D eigenvalue weighted by Crippen LogP contribution is 2.31. The van der Waals surface area contributed by atoms with Crippen LogP contribution in [-0.4, -0.2) is 26.0 Å². The molecule has 1 aliphatic heterocycles. The first-order chi connectivity index (χ1) is 9.50. The summed E-state index contributed by atoms with van der Waals surface area (Å²) in [6.07, 6.45) is -3.82. The van der Waals surface area contributed by atoms with E-state index >= 15 is 0 Å². The number of benzene rings is 1. The third kappa shape index (κ3) is 3.62. The van der Waals surface area contributed by atoms with Crippen molar-refractivity contribution in [3.8, 4) is 6.07 Å². The van der Waals surface area contributed by atoms with E-state index in [-0.39, 0.29) is 18.5 Å². The van der Waals surface area contributed by atoms with Gasteiger partial charge in [0.1, 0.15) is 12.9 Å². The number of nitrogens with one attached hydrogen (secondary N) is 1. The highest BCUT2D eigenvalue weighted by molar-refractivity contribution is 5.59. The fraction of sp³-hybridized carbons (Fsp3) is 0.462. The summed E-state index contributed by atoms with van der Waals surface area (Å²) < 4.78 is 48.0. The van der Waals surface area contributed by atoms with Gasteiger partial charge in [0.05, 0.1) is 29.5 Å². The van der Waals surface area contributed by atoms with Crippen molar-refractivity contribution in [1.29, 1.82) is 5.26 Å². The molecule has 1 fully saturated rings. The first-order valence-corrected chi connectivity index (χ1v) is 6.05. The maximum absolute atomic E-state index is 12.5. The van der Waals surface area contributed by atoms with Crippen LogP contribution in [0.4, 0.5) is 18.9 Å². The molecule has 1 unspecified atom stereocenters. The number of halogens is 3. The molecule has 2 rings (SSSR count). The molecule has 1 aromatic carbocycles. The van der Waals surface area contributed by atoms with Crippen molar-refractivity contribution in [1.82, 2.24) is 0 Å². The van der Waals surface area contributed by atoms with Crippen LogP contribution in [0.15, 0.2) is 18.2 Å². The first kappa shape index (κ1) is 14.6. The van der Waals surface area contributed by atoms with E-state index in [2.05, 4.69) is 5.32 Å². The Morgan fingerprint density at radius 2 is 2.20 bits per heavy atom. The number of anilines is 1. The van der Waals surface area contributed by atoms with Gasteiger partial charge in [-0.2, -0.15) is 18.4 Å². The molecule has 108 valence electrons. The van der Waals surface area contributed by atoms with Crippen molar-refractivity contribution in [2.24, 2.45) is 0 Å². The Morgan fingerprint density at radius 1 is 1.40 bits per heavy atom. The van der Waals surface area contributed by atoms with E-state index in [1.54, 1.807) is 6.07 Å². The molecular formula is C13H13F3N2O2. The normalized spacial score (nSPS) is 19.4. The summed E-state index contributed by atoms with van der Waals surface area (Å²) in [5.74, 6) is 0. The van der Waals surface area contributed by atoms with Crippen LogP contribution in [0.1, 0.15) is 17.5 Å². The standard InChI is InChI=1S/C13H13F3N2O2/c14-13(15,16)10-1-2-12(9(5-10)6-17)18-7-11-3-4-19-8-20-11/h1-2,5,11,18H,3-4,7-8H2. The van der Waals surface area contributed by atoms with Crippen LogP contribution in [0.25, 0.3) is 0 Å². The second kappa shape index (κ2) is 6.11. The fourth-order valence-corrected chi connectivity index (χ4v) is 1.85. The molecule has 1 saturated heterocycles. The fourth-order valence-electron chi connectivity index (χ4n) is 1.85. The molecule has 20 heavy (non-hydrogen) atoms. The Kier molecular flexibility index (Phi) is 4.47. The van der Waals surface area contributed by atoms with E-state index in [0.29, 0.717) is 25.3 Å². The lowest BCUT2D eigenvalue weighted by atomic mass is 10.1. The molecule has 0 radical (unpaired) electrons. The zero-order valence-corrected chi connectivity index (χ0v) is 10.5. The lowest BCUT2D eigenvalue weighted by molar-refractivity contribution is -0.137. The van der Waals surface area contributed by atoms with Crippen molar-refractivity contribution in [2.75, 3.05) is 25.3 Å². The molecule has 1 N–H and O–H groups in total. The summed E-state index contributed by atoms with van der Waals surface area (Å²) in [6, 6.07) is 4.83. The van der Waals surface area contributed by atoms with E-state index in [4.69, 9.17) is 14.7 Å². The van der Waals surface area contributed by atoms with Crippen LogP contribution < -0.4 is 5.32 Å². The molecule has 0 amide bonds. The maximum Gasteiger partial charge on any atom is 0.416 e. The highest BCUT2D eigenvalue weighted by atomic mass is 19.4. The van der Waals surface area contributed by atoms with Gasteiger partial charge in [-0.25, -0.2) is 0 Å². The van der Waals surface area contributed by atoms with Gasteiger partial charge in [0, 0.05) is 6.54 Å². The lowest BCUT2D eigenvalue weighted by Gasteiger charge is -2.23. The summed E-state index contributed by atoms with van der Waals surface area (Å²) in [5, 5.41) is 11.9. The summed E-state index contributed by atoms with van der Waals surface area (Å²) >= 11 is 0. The van der Waals surface area contributed by atoms with Crippen molar-refractivity contribution in [2.45, 2.75) is 18.7 Å². The van der Waals surface area contributed by atoms with Crippen molar-refractivity contribution in [3.63, 3.8) is 0 Å². The van der Waals surface area contributed by atoms with Gasteiger partial charge in [-0.3, -0.25) is 0 Å². The molecule has 1 aliphatic rings. The maximum atomic E-state index is 12.5. The summed E-state index contributed by atoms with van der Waals surface area (Å²) in [6.45, 7) is 1.22. The van der Waals surface area contributed by atoms with Crippen molar-refractivity contribution < 1.29 is 22.6 Å². The van der Waals surface area contributed by atoms with Gasteiger partial charge in [-0.15, -0.1) is 0 Å². The SMILES string of the molecule is N#Cc1cc(C(F)(F)F)ccc1NCC1CCOCO1. The smallest absolute Gasteiger partial charge is 0.381 e. The van der Waals surface area contributed by atoms with Crippen LogP contribution >= 0.6 is 0 Å². The van der Waals surface area contributed by atoms with Crippen molar-refractivity contribution in [3.05, 3.63) is 29.3 Å². The average molecular weight is 286 g/mol. The predicted molar refractivity (Wildman–Crippen MR) is 65.0 cm³/mol. The minimum atomic E-state index is -4.45. The number of ether oxygens (including phenoxy) is 2. The van der Waals surface area contributed by atoms with E-state index in [1.807, 2.05) is 0 Å². The van der Waals surface area contributed by atoms with Crippen LogP contribution in [0, 0.1) is 11.3 Å². The monoisotopic (exact) mass is 286 g/mol. The Bertz CT molecular complexity index is 505. The molecule has 1 heterocycles. The Labute approximate surface area is 114 Å². The van der Waals surface area contributed by atoms with Gasteiger partial charge >= 0.3 is 6.18 Å². The van der Waals surface area contributed by atoms with Gasteiger partial charge in [-0.1, -0.05) is 0 Å². The Balaban J connectivity index is 2.06.